The summed E-state index contributed by atoms with van der Waals surface area (Å²) in [6.07, 6.45) is 0. The fourth-order valence-electron chi connectivity index (χ4n) is 1.88. The molecule has 3 rings (SSSR count). The number of hydrogen-bond donors (Lipinski definition) is 1. The van der Waals surface area contributed by atoms with Crippen LogP contribution in [-0.2, 0) is 6.61 Å². The maximum absolute atomic E-state index is 5.73. The van der Waals surface area contributed by atoms with E-state index in [2.05, 4.69) is 15.5 Å². The molecule has 0 spiro atoms. The normalized spacial score (nSPS) is 10.3. The van der Waals surface area contributed by atoms with E-state index in [1.165, 1.54) is 0 Å². The Morgan fingerprint density at radius 2 is 1.81 bits per heavy atom. The van der Waals surface area contributed by atoms with Crippen molar-refractivity contribution in [2.24, 2.45) is 0 Å². The summed E-state index contributed by atoms with van der Waals surface area (Å²) in [5, 5.41) is 6.69. The maximum Gasteiger partial charge on any atom is 0.321 e. The molecular weight excluding hydrogens is 266 g/mol. The summed E-state index contributed by atoms with van der Waals surface area (Å²) < 4.78 is 10.7. The number of anilines is 1. The fraction of sp³-hybridized carbons (Fsp3) is 0.125. The van der Waals surface area contributed by atoms with E-state index in [0.29, 0.717) is 18.4 Å². The molecule has 0 amide bonds. The Morgan fingerprint density at radius 3 is 2.48 bits per heavy atom. The zero-order valence-electron chi connectivity index (χ0n) is 11.6. The van der Waals surface area contributed by atoms with Gasteiger partial charge in [0.25, 0.3) is 0 Å². The van der Waals surface area contributed by atoms with Crippen LogP contribution in [0, 0.1) is 0 Å². The van der Waals surface area contributed by atoms with Gasteiger partial charge in [-0.25, -0.2) is 0 Å². The van der Waals surface area contributed by atoms with Crippen molar-refractivity contribution in [3.63, 3.8) is 0 Å². The van der Waals surface area contributed by atoms with Gasteiger partial charge in [0.15, 0.2) is 0 Å². The third kappa shape index (κ3) is 3.20. The molecule has 0 aliphatic carbocycles. The van der Waals surface area contributed by atoms with Crippen LogP contribution in [0.25, 0.3) is 11.4 Å². The number of rotatable bonds is 5. The van der Waals surface area contributed by atoms with E-state index in [1.807, 2.05) is 54.6 Å². The molecule has 106 valence electrons. The first-order valence-corrected chi connectivity index (χ1v) is 6.64. The second kappa shape index (κ2) is 6.09. The lowest BCUT2D eigenvalue weighted by molar-refractivity contribution is 0.306. The maximum atomic E-state index is 5.73. The van der Waals surface area contributed by atoms with E-state index in [4.69, 9.17) is 9.26 Å². The Balaban J connectivity index is 1.66. The summed E-state index contributed by atoms with van der Waals surface area (Å²) in [4.78, 5) is 4.19. The first-order chi connectivity index (χ1) is 10.3. The fourth-order valence-corrected chi connectivity index (χ4v) is 1.88. The van der Waals surface area contributed by atoms with E-state index in [9.17, 15) is 0 Å². The van der Waals surface area contributed by atoms with Crippen molar-refractivity contribution in [3.8, 4) is 17.1 Å². The van der Waals surface area contributed by atoms with Crippen molar-refractivity contribution in [2.45, 2.75) is 6.61 Å². The van der Waals surface area contributed by atoms with Crippen molar-refractivity contribution >= 4 is 6.01 Å². The van der Waals surface area contributed by atoms with Crippen LogP contribution in [0.4, 0.5) is 6.01 Å². The van der Waals surface area contributed by atoms with Crippen LogP contribution in [0.2, 0.25) is 0 Å². The number of ether oxygens (including phenoxy) is 1. The average molecular weight is 281 g/mol. The molecule has 0 unspecified atom stereocenters. The molecule has 21 heavy (non-hydrogen) atoms. The Morgan fingerprint density at radius 1 is 1.05 bits per heavy atom. The second-order valence-electron chi connectivity index (χ2n) is 4.47. The molecule has 1 heterocycles. The van der Waals surface area contributed by atoms with Crippen LogP contribution < -0.4 is 10.1 Å². The van der Waals surface area contributed by atoms with Gasteiger partial charge in [-0.15, -0.1) is 0 Å². The Hall–Kier alpha value is -2.82. The Kier molecular flexibility index (Phi) is 3.82. The van der Waals surface area contributed by atoms with Crippen molar-refractivity contribution in [1.29, 1.82) is 0 Å². The molecule has 1 N–H and O–H groups in total. The minimum absolute atomic E-state index is 0.398. The van der Waals surface area contributed by atoms with Gasteiger partial charge < -0.3 is 14.6 Å². The third-order valence-electron chi connectivity index (χ3n) is 3.00. The van der Waals surface area contributed by atoms with Gasteiger partial charge in [0.1, 0.15) is 12.4 Å². The molecule has 0 saturated heterocycles. The Bertz CT molecular complexity index is 693. The molecule has 0 radical (unpaired) electrons. The van der Waals surface area contributed by atoms with Gasteiger partial charge in [-0.1, -0.05) is 35.5 Å². The highest BCUT2D eigenvalue weighted by Gasteiger charge is 2.07. The monoisotopic (exact) mass is 281 g/mol. The van der Waals surface area contributed by atoms with Crippen molar-refractivity contribution in [3.05, 3.63) is 60.2 Å². The van der Waals surface area contributed by atoms with Crippen LogP contribution in [0.15, 0.2) is 59.1 Å². The van der Waals surface area contributed by atoms with Gasteiger partial charge in [-0.05, 0) is 29.8 Å². The first kappa shape index (κ1) is 13.2. The number of benzene rings is 2. The molecule has 0 saturated carbocycles. The first-order valence-electron chi connectivity index (χ1n) is 6.64. The van der Waals surface area contributed by atoms with Crippen LogP contribution >= 0.6 is 0 Å². The molecular formula is C16H15N3O2. The van der Waals surface area contributed by atoms with Crippen molar-refractivity contribution in [1.82, 2.24) is 10.1 Å². The summed E-state index contributed by atoms with van der Waals surface area (Å²) in [6, 6.07) is 18.1. The zero-order valence-corrected chi connectivity index (χ0v) is 11.6. The molecule has 2 aromatic carbocycles. The number of nitrogens with zero attached hydrogens (tertiary/aromatic N) is 2. The molecule has 0 fully saturated rings. The largest absolute Gasteiger partial charge is 0.489 e. The SMILES string of the molecule is CNc1nc(-c2ccc(OCc3ccccc3)cc2)no1. The highest BCUT2D eigenvalue weighted by Crippen LogP contribution is 2.21. The van der Waals surface area contributed by atoms with Crippen LogP contribution in [0.3, 0.4) is 0 Å². The minimum atomic E-state index is 0.398. The predicted octanol–water partition coefficient (Wildman–Crippen LogP) is 3.36. The highest BCUT2D eigenvalue weighted by atomic mass is 16.5. The molecule has 3 aromatic rings. The van der Waals surface area contributed by atoms with Crippen LogP contribution in [-0.4, -0.2) is 17.2 Å². The van der Waals surface area contributed by atoms with E-state index in [1.54, 1.807) is 7.05 Å². The lowest BCUT2D eigenvalue weighted by Crippen LogP contribution is -1.94. The molecule has 1 aromatic heterocycles. The molecule has 5 nitrogen and oxygen atoms in total. The third-order valence-corrected chi connectivity index (χ3v) is 3.00. The lowest BCUT2D eigenvalue weighted by atomic mass is 10.2. The summed E-state index contributed by atoms with van der Waals surface area (Å²) in [7, 11) is 1.73. The quantitative estimate of drug-likeness (QED) is 0.777. The topological polar surface area (TPSA) is 60.2 Å². The standard InChI is InChI=1S/C16H15N3O2/c1-17-16-18-15(19-21-16)13-7-9-14(10-8-13)20-11-12-5-3-2-4-6-12/h2-10H,11H2,1H3,(H,17,18,19). The van der Waals surface area contributed by atoms with E-state index in [-0.39, 0.29) is 0 Å². The molecule has 5 heteroatoms. The van der Waals surface area contributed by atoms with Gasteiger partial charge in [0, 0.05) is 12.6 Å². The molecule has 0 atom stereocenters. The Labute approximate surface area is 122 Å². The van der Waals surface area contributed by atoms with E-state index in [0.717, 1.165) is 16.9 Å². The highest BCUT2D eigenvalue weighted by molar-refractivity contribution is 5.56. The summed E-state index contributed by atoms with van der Waals surface area (Å²) >= 11 is 0. The van der Waals surface area contributed by atoms with Gasteiger partial charge >= 0.3 is 6.01 Å². The van der Waals surface area contributed by atoms with Gasteiger partial charge in [-0.3, -0.25) is 0 Å². The predicted molar refractivity (Wildman–Crippen MR) is 80.1 cm³/mol. The van der Waals surface area contributed by atoms with Crippen molar-refractivity contribution < 1.29 is 9.26 Å². The molecule has 0 bridgehead atoms. The number of nitrogens with one attached hydrogen (secondary N) is 1. The summed E-state index contributed by atoms with van der Waals surface area (Å²) in [5.41, 5.74) is 2.02. The van der Waals surface area contributed by atoms with Crippen LogP contribution in [0.5, 0.6) is 5.75 Å². The van der Waals surface area contributed by atoms with E-state index < -0.39 is 0 Å². The summed E-state index contributed by atoms with van der Waals surface area (Å²) in [5.74, 6) is 1.36. The van der Waals surface area contributed by atoms with Crippen LogP contribution in [0.1, 0.15) is 5.56 Å². The number of hydrogen-bond acceptors (Lipinski definition) is 5. The van der Waals surface area contributed by atoms with Gasteiger partial charge in [0.05, 0.1) is 0 Å². The van der Waals surface area contributed by atoms with Crippen molar-refractivity contribution in [2.75, 3.05) is 12.4 Å². The molecule has 0 aliphatic rings. The lowest BCUT2D eigenvalue weighted by Gasteiger charge is -2.06. The second-order valence-corrected chi connectivity index (χ2v) is 4.47. The van der Waals surface area contributed by atoms with Gasteiger partial charge in [0.2, 0.25) is 5.82 Å². The molecule has 0 aliphatic heterocycles. The summed E-state index contributed by atoms with van der Waals surface area (Å²) in [6.45, 7) is 0.548. The van der Waals surface area contributed by atoms with Gasteiger partial charge in [-0.2, -0.15) is 4.98 Å². The average Bonchev–Trinajstić information content (AvgIpc) is 3.03. The minimum Gasteiger partial charge on any atom is -0.489 e. The van der Waals surface area contributed by atoms with E-state index >= 15 is 0 Å². The smallest absolute Gasteiger partial charge is 0.321 e. The number of aromatic nitrogens is 2. The zero-order chi connectivity index (χ0) is 14.5.